The average molecular weight is 448 g/mol. The number of aromatic nitrogens is 2. The van der Waals surface area contributed by atoms with Gasteiger partial charge in [0.05, 0.1) is 23.9 Å². The van der Waals surface area contributed by atoms with E-state index in [4.69, 9.17) is 9.26 Å². The highest BCUT2D eigenvalue weighted by atomic mass is 16.5. The Balaban J connectivity index is 1.31. The number of rotatable bonds is 9. The van der Waals surface area contributed by atoms with Gasteiger partial charge in [-0.3, -0.25) is 4.90 Å². The fourth-order valence-corrected chi connectivity index (χ4v) is 4.40. The molecule has 1 N–H and O–H groups in total. The van der Waals surface area contributed by atoms with E-state index in [1.54, 1.807) is 0 Å². The van der Waals surface area contributed by atoms with Crippen LogP contribution in [0, 0.1) is 27.7 Å². The summed E-state index contributed by atoms with van der Waals surface area (Å²) in [4.78, 5) is 2.15. The van der Waals surface area contributed by atoms with Gasteiger partial charge < -0.3 is 18.9 Å². The number of ether oxygens (including phenoxy) is 1. The van der Waals surface area contributed by atoms with E-state index in [0.29, 0.717) is 19.7 Å². The number of likely N-dealkylation sites (N-methyl/N-ethyl adjacent to an activating group) is 1. The lowest BCUT2D eigenvalue weighted by molar-refractivity contribution is 0.108. The number of nitrogens with zero attached hydrogens (tertiary/aromatic N) is 3. The molecule has 33 heavy (non-hydrogen) atoms. The molecule has 0 saturated carbocycles. The Bertz CT molecular complexity index is 1200. The summed E-state index contributed by atoms with van der Waals surface area (Å²) in [5.41, 5.74) is 6.71. The molecule has 2 heterocycles. The zero-order valence-corrected chi connectivity index (χ0v) is 20.1. The van der Waals surface area contributed by atoms with Gasteiger partial charge in [-0.05, 0) is 64.1 Å². The van der Waals surface area contributed by atoms with Crippen molar-refractivity contribution in [2.24, 2.45) is 0 Å². The lowest BCUT2D eigenvalue weighted by atomic mass is 10.2. The monoisotopic (exact) mass is 447 g/mol. The molecule has 0 spiro atoms. The highest BCUT2D eigenvalue weighted by Gasteiger charge is 2.15. The maximum atomic E-state index is 10.8. The minimum Gasteiger partial charge on any atom is -0.489 e. The first-order chi connectivity index (χ1) is 15.8. The molecule has 1 unspecified atom stereocenters. The van der Waals surface area contributed by atoms with E-state index in [2.05, 4.69) is 64.9 Å². The van der Waals surface area contributed by atoms with Crippen molar-refractivity contribution >= 4 is 10.9 Å². The molecule has 1 atom stereocenters. The van der Waals surface area contributed by atoms with E-state index in [1.807, 2.05) is 33.0 Å². The molecule has 6 heteroatoms. The molecule has 4 rings (SSSR count). The van der Waals surface area contributed by atoms with Crippen molar-refractivity contribution in [2.45, 2.75) is 53.5 Å². The first-order valence-electron chi connectivity index (χ1n) is 11.4. The van der Waals surface area contributed by atoms with Crippen LogP contribution in [0.3, 0.4) is 0 Å². The Kier molecular flexibility index (Phi) is 6.86. The second kappa shape index (κ2) is 9.81. The third-order valence-electron chi connectivity index (χ3n) is 6.40. The van der Waals surface area contributed by atoms with Gasteiger partial charge in [0.15, 0.2) is 0 Å². The number of hydrogen-bond acceptors (Lipinski definition) is 5. The van der Waals surface area contributed by atoms with Crippen LogP contribution in [0.1, 0.15) is 33.8 Å². The maximum absolute atomic E-state index is 10.8. The molecule has 0 bridgehead atoms. The van der Waals surface area contributed by atoms with Crippen LogP contribution in [0.2, 0.25) is 0 Å². The van der Waals surface area contributed by atoms with Crippen molar-refractivity contribution in [1.29, 1.82) is 0 Å². The van der Waals surface area contributed by atoms with E-state index in [-0.39, 0.29) is 0 Å². The smallest absolute Gasteiger partial charge is 0.140 e. The predicted molar refractivity (Wildman–Crippen MR) is 131 cm³/mol. The van der Waals surface area contributed by atoms with Gasteiger partial charge in [-0.2, -0.15) is 0 Å². The number of aryl methyl sites for hydroxylation is 3. The van der Waals surface area contributed by atoms with Crippen molar-refractivity contribution in [3.63, 3.8) is 0 Å². The quantitative estimate of drug-likeness (QED) is 0.394. The van der Waals surface area contributed by atoms with Gasteiger partial charge in [-0.15, -0.1) is 0 Å². The van der Waals surface area contributed by atoms with E-state index in [9.17, 15) is 5.11 Å². The average Bonchev–Trinajstić information content (AvgIpc) is 3.24. The lowest BCUT2D eigenvalue weighted by Gasteiger charge is -2.22. The van der Waals surface area contributed by atoms with Crippen LogP contribution in [-0.2, 0) is 19.7 Å². The van der Waals surface area contributed by atoms with Crippen molar-refractivity contribution in [3.8, 4) is 5.75 Å². The summed E-state index contributed by atoms with van der Waals surface area (Å²) in [6.07, 6.45) is -0.457. The molecular formula is C27H33N3O3. The zero-order valence-electron chi connectivity index (χ0n) is 20.1. The normalized spacial score (nSPS) is 12.6. The second-order valence-electron chi connectivity index (χ2n) is 8.92. The van der Waals surface area contributed by atoms with Gasteiger partial charge in [0.2, 0.25) is 0 Å². The van der Waals surface area contributed by atoms with Crippen molar-refractivity contribution in [1.82, 2.24) is 14.6 Å². The summed E-state index contributed by atoms with van der Waals surface area (Å²) in [5.74, 6) is 1.61. The summed E-state index contributed by atoms with van der Waals surface area (Å²) in [7, 11) is 2.04. The molecule has 174 valence electrons. The van der Waals surface area contributed by atoms with Gasteiger partial charge in [0.1, 0.15) is 18.1 Å². The topological polar surface area (TPSA) is 63.7 Å². The SMILES string of the molecule is Cc1noc(C)c1COc1ccc(CN(C)CC(O)Cn2c(C)c(C)c3ccccc32)cc1. The van der Waals surface area contributed by atoms with Gasteiger partial charge in [0, 0.05) is 29.7 Å². The number of aliphatic hydroxyl groups excluding tert-OH is 1. The molecule has 4 aromatic rings. The summed E-state index contributed by atoms with van der Waals surface area (Å²) >= 11 is 0. The molecule has 0 fully saturated rings. The fourth-order valence-electron chi connectivity index (χ4n) is 4.40. The van der Waals surface area contributed by atoms with E-state index >= 15 is 0 Å². The Morgan fingerprint density at radius 3 is 2.48 bits per heavy atom. The minimum atomic E-state index is -0.457. The van der Waals surface area contributed by atoms with Crippen molar-refractivity contribution in [3.05, 3.63) is 82.4 Å². The van der Waals surface area contributed by atoms with Crippen LogP contribution in [0.4, 0.5) is 0 Å². The lowest BCUT2D eigenvalue weighted by Crippen LogP contribution is -2.32. The summed E-state index contributed by atoms with van der Waals surface area (Å²) in [5, 5.41) is 16.0. The summed E-state index contributed by atoms with van der Waals surface area (Å²) < 4.78 is 13.3. The third kappa shape index (κ3) is 5.13. The van der Waals surface area contributed by atoms with E-state index in [0.717, 1.165) is 29.3 Å². The fraction of sp³-hybridized carbons (Fsp3) is 0.370. The standard InChI is InChI=1S/C27H33N3O3/c1-18-20(3)30(27-9-7-6-8-25(18)27)16-23(31)15-29(5)14-22-10-12-24(13-11-22)32-17-26-19(2)28-33-21(26)4/h6-13,23,31H,14-17H2,1-5H3. The Hall–Kier alpha value is -3.09. The molecule has 0 saturated heterocycles. The van der Waals surface area contributed by atoms with Crippen LogP contribution in [0.5, 0.6) is 5.75 Å². The molecule has 0 aliphatic rings. The van der Waals surface area contributed by atoms with Gasteiger partial charge in [0.25, 0.3) is 0 Å². The van der Waals surface area contributed by atoms with E-state index < -0.39 is 6.10 Å². The molecule has 0 radical (unpaired) electrons. The molecule has 6 nitrogen and oxygen atoms in total. The number of hydrogen-bond donors (Lipinski definition) is 1. The maximum Gasteiger partial charge on any atom is 0.140 e. The first-order valence-corrected chi connectivity index (χ1v) is 11.4. The Morgan fingerprint density at radius 2 is 1.79 bits per heavy atom. The van der Waals surface area contributed by atoms with Crippen molar-refractivity contribution < 1.29 is 14.4 Å². The minimum absolute atomic E-state index is 0.444. The van der Waals surface area contributed by atoms with Gasteiger partial charge in [-0.1, -0.05) is 35.5 Å². The van der Waals surface area contributed by atoms with E-state index in [1.165, 1.54) is 27.7 Å². The number of aliphatic hydroxyl groups is 1. The molecular weight excluding hydrogens is 414 g/mol. The number of para-hydroxylation sites is 1. The third-order valence-corrected chi connectivity index (χ3v) is 6.40. The summed E-state index contributed by atoms with van der Waals surface area (Å²) in [6, 6.07) is 16.5. The van der Waals surface area contributed by atoms with Gasteiger partial charge >= 0.3 is 0 Å². The van der Waals surface area contributed by atoms with Crippen LogP contribution in [-0.4, -0.2) is 39.4 Å². The Morgan fingerprint density at radius 1 is 1.06 bits per heavy atom. The molecule has 0 amide bonds. The van der Waals surface area contributed by atoms with Crippen LogP contribution < -0.4 is 4.74 Å². The first kappa shape index (κ1) is 23.1. The van der Waals surface area contributed by atoms with Crippen LogP contribution in [0.15, 0.2) is 53.1 Å². The highest BCUT2D eigenvalue weighted by Crippen LogP contribution is 2.25. The van der Waals surface area contributed by atoms with Crippen LogP contribution >= 0.6 is 0 Å². The zero-order chi connectivity index (χ0) is 23.5. The summed E-state index contributed by atoms with van der Waals surface area (Å²) in [6.45, 7) is 10.5. The number of fused-ring (bicyclic) bond motifs is 1. The van der Waals surface area contributed by atoms with Crippen LogP contribution in [0.25, 0.3) is 10.9 Å². The van der Waals surface area contributed by atoms with Gasteiger partial charge in [-0.25, -0.2) is 0 Å². The highest BCUT2D eigenvalue weighted by molar-refractivity contribution is 5.85. The van der Waals surface area contributed by atoms with Crippen molar-refractivity contribution in [2.75, 3.05) is 13.6 Å². The molecule has 0 aliphatic carbocycles. The molecule has 0 aliphatic heterocycles. The Labute approximate surface area is 195 Å². The number of benzene rings is 2. The predicted octanol–water partition coefficient (Wildman–Crippen LogP) is 4.93. The largest absolute Gasteiger partial charge is 0.489 e. The second-order valence-corrected chi connectivity index (χ2v) is 8.92. The molecule has 2 aromatic heterocycles. The molecule has 2 aromatic carbocycles.